The van der Waals surface area contributed by atoms with Crippen molar-refractivity contribution in [3.8, 4) is 0 Å². The average Bonchev–Trinajstić information content (AvgIpc) is 3.17. The van der Waals surface area contributed by atoms with Gasteiger partial charge in [-0.3, -0.25) is 0 Å². The Kier molecular flexibility index (Phi) is 3.54. The topological polar surface area (TPSA) is 64.3 Å². The molecule has 20 heavy (non-hydrogen) atoms. The summed E-state index contributed by atoms with van der Waals surface area (Å²) in [7, 11) is 1.23. The molecule has 4 nitrogen and oxygen atoms in total. The molecule has 1 fully saturated rings. The van der Waals surface area contributed by atoms with Gasteiger partial charge in [0.2, 0.25) is 0 Å². The van der Waals surface area contributed by atoms with Gasteiger partial charge in [-0.2, -0.15) is 13.2 Å². The molecule has 0 atom stereocenters. The van der Waals surface area contributed by atoms with Crippen molar-refractivity contribution in [2.45, 2.75) is 19.0 Å². The number of halogens is 3. The van der Waals surface area contributed by atoms with Crippen LogP contribution in [0, 0.1) is 5.41 Å². The Morgan fingerprint density at radius 1 is 1.45 bits per heavy atom. The lowest BCUT2D eigenvalue weighted by Gasteiger charge is -2.21. The molecule has 1 aliphatic rings. The summed E-state index contributed by atoms with van der Waals surface area (Å²) in [5.41, 5.74) is 4.86. The van der Waals surface area contributed by atoms with Crippen LogP contribution in [0.15, 0.2) is 18.2 Å². The summed E-state index contributed by atoms with van der Waals surface area (Å²) in [4.78, 5) is 11.4. The number of nitrogens with two attached hydrogens (primary N) is 1. The largest absolute Gasteiger partial charge is 0.465 e. The normalized spacial score (nSPS) is 16.6. The monoisotopic (exact) mass is 288 g/mol. The summed E-state index contributed by atoms with van der Waals surface area (Å²) < 4.78 is 43.0. The molecule has 3 N–H and O–H groups in total. The summed E-state index contributed by atoms with van der Waals surface area (Å²) in [5, 5.41) is 2.69. The maximum atomic E-state index is 12.8. The average molecular weight is 288 g/mol. The fourth-order valence-electron chi connectivity index (χ4n) is 1.93. The third-order valence-electron chi connectivity index (χ3n) is 3.55. The first-order valence-corrected chi connectivity index (χ1v) is 6.07. The quantitative estimate of drug-likeness (QED) is 0.660. The van der Waals surface area contributed by atoms with Gasteiger partial charge in [0.05, 0.1) is 29.5 Å². The van der Waals surface area contributed by atoms with Crippen LogP contribution in [0.5, 0.6) is 0 Å². The van der Waals surface area contributed by atoms with E-state index in [1.807, 2.05) is 0 Å². The van der Waals surface area contributed by atoms with Crippen molar-refractivity contribution in [1.82, 2.24) is 0 Å². The van der Waals surface area contributed by atoms with Crippen molar-refractivity contribution in [3.63, 3.8) is 0 Å². The number of hydrogen-bond donors (Lipinski definition) is 2. The van der Waals surface area contributed by atoms with Crippen molar-refractivity contribution < 1.29 is 22.7 Å². The zero-order valence-corrected chi connectivity index (χ0v) is 10.9. The molecule has 0 unspecified atom stereocenters. The van der Waals surface area contributed by atoms with Crippen LogP contribution in [0.1, 0.15) is 23.2 Å². The lowest BCUT2D eigenvalue weighted by molar-refractivity contribution is -0.182. The lowest BCUT2D eigenvalue weighted by atomic mass is 10.1. The first kappa shape index (κ1) is 14.5. The van der Waals surface area contributed by atoms with E-state index in [1.54, 1.807) is 0 Å². The van der Waals surface area contributed by atoms with E-state index in [9.17, 15) is 18.0 Å². The number of carbonyl (C=O) groups excluding carboxylic acids is 1. The van der Waals surface area contributed by atoms with E-state index in [-0.39, 0.29) is 30.6 Å². The molecule has 1 aromatic rings. The third kappa shape index (κ3) is 2.66. The van der Waals surface area contributed by atoms with Crippen molar-refractivity contribution in [1.29, 1.82) is 0 Å². The molecule has 7 heteroatoms. The van der Waals surface area contributed by atoms with Gasteiger partial charge in [0.1, 0.15) is 0 Å². The van der Waals surface area contributed by atoms with Gasteiger partial charge < -0.3 is 15.8 Å². The van der Waals surface area contributed by atoms with Crippen LogP contribution >= 0.6 is 0 Å². The highest BCUT2D eigenvalue weighted by Gasteiger charge is 2.62. The summed E-state index contributed by atoms with van der Waals surface area (Å²) in [6.45, 7) is -0.245. The van der Waals surface area contributed by atoms with Crippen LogP contribution in [0.2, 0.25) is 0 Å². The minimum absolute atomic E-state index is 0.111. The first-order chi connectivity index (χ1) is 9.29. The Labute approximate surface area is 114 Å². The second-order valence-corrected chi connectivity index (χ2v) is 4.93. The highest BCUT2D eigenvalue weighted by atomic mass is 19.4. The predicted octanol–water partition coefficient (Wildman–Crippen LogP) is 2.81. The van der Waals surface area contributed by atoms with E-state index >= 15 is 0 Å². The SMILES string of the molecule is COC(=O)c1ccc(N)c(NCC2(C(F)(F)F)CC2)c1. The molecule has 2 rings (SSSR count). The Hall–Kier alpha value is -1.92. The third-order valence-corrected chi connectivity index (χ3v) is 3.55. The Morgan fingerprint density at radius 2 is 2.10 bits per heavy atom. The Bertz CT molecular complexity index is 525. The number of nitrogens with one attached hydrogen (secondary N) is 1. The number of hydrogen-bond acceptors (Lipinski definition) is 4. The van der Waals surface area contributed by atoms with E-state index in [0.29, 0.717) is 5.69 Å². The molecule has 0 aliphatic heterocycles. The molecule has 0 heterocycles. The molecule has 0 bridgehead atoms. The van der Waals surface area contributed by atoms with Crippen LogP contribution in [0.3, 0.4) is 0 Å². The molecular weight excluding hydrogens is 273 g/mol. The van der Waals surface area contributed by atoms with Gasteiger partial charge in [0, 0.05) is 6.54 Å². The zero-order chi connectivity index (χ0) is 15.0. The molecule has 1 aliphatic carbocycles. The van der Waals surface area contributed by atoms with Gasteiger partial charge in [-0.1, -0.05) is 0 Å². The summed E-state index contributed by atoms with van der Waals surface area (Å²) >= 11 is 0. The van der Waals surface area contributed by atoms with Gasteiger partial charge in [0.25, 0.3) is 0 Å². The fourth-order valence-corrected chi connectivity index (χ4v) is 1.93. The van der Waals surface area contributed by atoms with E-state index < -0.39 is 17.6 Å². The number of benzene rings is 1. The number of nitrogen functional groups attached to an aromatic ring is 1. The number of esters is 1. The highest BCUT2D eigenvalue weighted by molar-refractivity contribution is 5.91. The summed E-state index contributed by atoms with van der Waals surface area (Å²) in [6.07, 6.45) is -4.01. The number of anilines is 2. The van der Waals surface area contributed by atoms with Crippen molar-refractivity contribution in [2.75, 3.05) is 24.7 Å². The number of methoxy groups -OCH3 is 1. The van der Waals surface area contributed by atoms with E-state index in [1.165, 1.54) is 25.3 Å². The smallest absolute Gasteiger partial charge is 0.396 e. The minimum Gasteiger partial charge on any atom is -0.465 e. The molecule has 1 aromatic carbocycles. The van der Waals surface area contributed by atoms with Gasteiger partial charge in [-0.15, -0.1) is 0 Å². The van der Waals surface area contributed by atoms with Crippen LogP contribution in [0.4, 0.5) is 24.5 Å². The summed E-state index contributed by atoms with van der Waals surface area (Å²) in [5.74, 6) is -0.565. The van der Waals surface area contributed by atoms with Crippen LogP contribution in [-0.2, 0) is 4.74 Å². The molecular formula is C13H15F3N2O2. The number of rotatable bonds is 4. The summed E-state index contributed by atoms with van der Waals surface area (Å²) in [6, 6.07) is 4.32. The molecule has 0 spiro atoms. The molecule has 0 saturated heterocycles. The first-order valence-electron chi connectivity index (χ1n) is 6.07. The molecule has 0 radical (unpaired) electrons. The van der Waals surface area contributed by atoms with Gasteiger partial charge in [-0.05, 0) is 31.0 Å². The fraction of sp³-hybridized carbons (Fsp3) is 0.462. The Balaban J connectivity index is 2.12. The van der Waals surface area contributed by atoms with Gasteiger partial charge >= 0.3 is 12.1 Å². The number of ether oxygens (including phenoxy) is 1. The van der Waals surface area contributed by atoms with Crippen molar-refractivity contribution >= 4 is 17.3 Å². The van der Waals surface area contributed by atoms with Crippen LogP contribution in [0.25, 0.3) is 0 Å². The lowest BCUT2D eigenvalue weighted by Crippen LogP contribution is -2.31. The van der Waals surface area contributed by atoms with Crippen LogP contribution < -0.4 is 11.1 Å². The number of alkyl halides is 3. The van der Waals surface area contributed by atoms with E-state index in [4.69, 9.17) is 5.73 Å². The standard InChI is InChI=1S/C13H15F3N2O2/c1-20-11(19)8-2-3-9(17)10(6-8)18-7-12(4-5-12)13(14,15)16/h2-3,6,18H,4-5,7,17H2,1H3. The van der Waals surface area contributed by atoms with E-state index in [2.05, 4.69) is 10.1 Å². The molecule has 0 amide bonds. The highest BCUT2D eigenvalue weighted by Crippen LogP contribution is 2.57. The molecule has 110 valence electrons. The Morgan fingerprint density at radius 3 is 2.60 bits per heavy atom. The maximum absolute atomic E-state index is 12.8. The maximum Gasteiger partial charge on any atom is 0.396 e. The second-order valence-electron chi connectivity index (χ2n) is 4.93. The van der Waals surface area contributed by atoms with E-state index in [0.717, 1.165) is 0 Å². The molecule has 0 aromatic heterocycles. The number of carbonyl (C=O) groups is 1. The van der Waals surface area contributed by atoms with Gasteiger partial charge in [0.15, 0.2) is 0 Å². The van der Waals surface area contributed by atoms with Crippen molar-refractivity contribution in [2.24, 2.45) is 5.41 Å². The second kappa shape index (κ2) is 4.88. The predicted molar refractivity (Wildman–Crippen MR) is 68.4 cm³/mol. The zero-order valence-electron chi connectivity index (χ0n) is 10.9. The minimum atomic E-state index is -4.23. The van der Waals surface area contributed by atoms with Gasteiger partial charge in [-0.25, -0.2) is 4.79 Å². The van der Waals surface area contributed by atoms with Crippen LogP contribution in [-0.4, -0.2) is 25.8 Å². The van der Waals surface area contributed by atoms with Crippen molar-refractivity contribution in [3.05, 3.63) is 23.8 Å². The molecule has 1 saturated carbocycles.